The van der Waals surface area contributed by atoms with Crippen LogP contribution in [0, 0.1) is 0 Å². The summed E-state index contributed by atoms with van der Waals surface area (Å²) >= 11 is 0. The van der Waals surface area contributed by atoms with Crippen LogP contribution < -0.4 is 36.9 Å². The highest BCUT2D eigenvalue weighted by molar-refractivity contribution is 6.03. The predicted molar refractivity (Wildman–Crippen MR) is 216 cm³/mol. The van der Waals surface area contributed by atoms with Crippen LogP contribution >= 0.6 is 0 Å². The first-order valence-electron chi connectivity index (χ1n) is 18.4. The van der Waals surface area contributed by atoms with Gasteiger partial charge in [-0.2, -0.15) is 0 Å². The lowest BCUT2D eigenvalue weighted by Crippen LogP contribution is -2.42. The Morgan fingerprint density at radius 2 is 1.37 bits per heavy atom. The third-order valence-corrected chi connectivity index (χ3v) is 8.83. The SMILES string of the molecule is COC(=O)c1cc(NC(=O)c2nc(NC(=O)CCNC(=O)c3cc(NC(=O)N4Cc5c(NC(=O)CCNC(=O)OC(C)(C)C)cccc5N4C)cn3C)cn2C)cn1C. The number of carbonyl (C=O) groups excluding carboxylic acids is 7. The number of aryl methyl sites for hydroxylation is 3. The van der Waals surface area contributed by atoms with E-state index >= 15 is 0 Å². The number of imidazole rings is 1. The largest absolute Gasteiger partial charge is 0.464 e. The van der Waals surface area contributed by atoms with E-state index in [1.165, 1.54) is 44.1 Å². The lowest BCUT2D eigenvalue weighted by atomic mass is 10.1. The third-order valence-electron chi connectivity index (χ3n) is 8.83. The first kappa shape index (κ1) is 42.8. The summed E-state index contributed by atoms with van der Waals surface area (Å²) in [4.78, 5) is 92.7. The van der Waals surface area contributed by atoms with E-state index in [1.807, 2.05) is 6.07 Å². The molecule has 3 aromatic heterocycles. The average molecular weight is 817 g/mol. The summed E-state index contributed by atoms with van der Waals surface area (Å²) in [6.07, 6.45) is 3.86. The topological polar surface area (TPSA) is 244 Å². The Kier molecular flexibility index (Phi) is 13.0. The van der Waals surface area contributed by atoms with Crippen LogP contribution in [-0.2, 0) is 46.8 Å². The van der Waals surface area contributed by atoms with Crippen LogP contribution in [0.4, 0.5) is 38.2 Å². The molecule has 0 atom stereocenters. The van der Waals surface area contributed by atoms with Gasteiger partial charge >= 0.3 is 18.1 Å². The zero-order valence-corrected chi connectivity index (χ0v) is 34.0. The molecular formula is C38H48N12O9. The van der Waals surface area contributed by atoms with Gasteiger partial charge < -0.3 is 55.1 Å². The third kappa shape index (κ3) is 10.8. The predicted octanol–water partition coefficient (Wildman–Crippen LogP) is 3.15. The number of anilines is 5. The van der Waals surface area contributed by atoms with Crippen molar-refractivity contribution in [1.29, 1.82) is 0 Å². The van der Waals surface area contributed by atoms with Gasteiger partial charge in [-0.15, -0.1) is 0 Å². The molecule has 0 unspecified atom stereocenters. The number of esters is 1. The molecule has 21 heteroatoms. The molecule has 1 aromatic carbocycles. The molecule has 1 aliphatic rings. The van der Waals surface area contributed by atoms with Crippen molar-refractivity contribution in [2.24, 2.45) is 21.1 Å². The standard InChI is InChI=1S/C38H48N12O9/c1-38(2,3)59-37(57)40-15-13-30(51)43-25-10-9-11-26-24(25)20-50(49(26)7)36(56)42-23-16-27(46(4)19-23)33(53)39-14-12-31(52)44-29-21-48(6)32(45-29)34(54)41-22-17-28(35(55)58-8)47(5)18-22/h9-11,16-19,21H,12-15,20H2,1-8H3,(H,39,53)(H,40,57)(H,41,54)(H,42,56)(H,43,51)(H,44,52). The summed E-state index contributed by atoms with van der Waals surface area (Å²) in [6, 6.07) is 7.78. The summed E-state index contributed by atoms with van der Waals surface area (Å²) < 4.78 is 14.4. The van der Waals surface area contributed by atoms with Crippen LogP contribution in [0.25, 0.3) is 0 Å². The van der Waals surface area contributed by atoms with Gasteiger partial charge in [-0.25, -0.2) is 24.4 Å². The maximum absolute atomic E-state index is 13.4. The van der Waals surface area contributed by atoms with E-state index in [1.54, 1.807) is 78.5 Å². The van der Waals surface area contributed by atoms with Crippen molar-refractivity contribution in [2.75, 3.05) is 53.5 Å². The fourth-order valence-electron chi connectivity index (χ4n) is 6.06. The van der Waals surface area contributed by atoms with Crippen LogP contribution in [0.5, 0.6) is 0 Å². The van der Waals surface area contributed by atoms with Crippen molar-refractivity contribution in [2.45, 2.75) is 45.8 Å². The monoisotopic (exact) mass is 816 g/mol. The molecule has 4 aromatic rings. The van der Waals surface area contributed by atoms with Crippen molar-refractivity contribution >= 4 is 70.3 Å². The van der Waals surface area contributed by atoms with Gasteiger partial charge in [0, 0.05) is 84.0 Å². The Labute approximate surface area is 339 Å². The van der Waals surface area contributed by atoms with Gasteiger partial charge in [0.25, 0.3) is 11.8 Å². The van der Waals surface area contributed by atoms with E-state index in [0.717, 1.165) is 0 Å². The highest BCUT2D eigenvalue weighted by Crippen LogP contribution is 2.36. The van der Waals surface area contributed by atoms with Crippen molar-refractivity contribution < 1.29 is 43.0 Å². The smallest absolute Gasteiger partial charge is 0.407 e. The highest BCUT2D eigenvalue weighted by Gasteiger charge is 2.31. The number of nitrogens with one attached hydrogen (secondary N) is 6. The van der Waals surface area contributed by atoms with Crippen LogP contribution in [0.3, 0.4) is 0 Å². The first-order chi connectivity index (χ1) is 27.8. The highest BCUT2D eigenvalue weighted by atomic mass is 16.6. The molecule has 0 saturated carbocycles. The normalized spacial score (nSPS) is 12.0. The zero-order valence-electron chi connectivity index (χ0n) is 34.0. The maximum Gasteiger partial charge on any atom is 0.407 e. The summed E-state index contributed by atoms with van der Waals surface area (Å²) in [5, 5.41) is 19.3. The number of methoxy groups -OCH3 is 1. The number of hydrazine groups is 1. The molecule has 1 aliphatic heterocycles. The van der Waals surface area contributed by atoms with Crippen LogP contribution in [-0.4, -0.2) is 98.3 Å². The van der Waals surface area contributed by atoms with E-state index in [9.17, 15) is 33.6 Å². The van der Waals surface area contributed by atoms with Gasteiger partial charge in [0.2, 0.25) is 17.6 Å². The molecule has 5 rings (SSSR count). The number of fused-ring (bicyclic) bond motifs is 1. The molecule has 6 N–H and O–H groups in total. The second kappa shape index (κ2) is 17.9. The molecule has 0 aliphatic carbocycles. The zero-order chi connectivity index (χ0) is 43.2. The lowest BCUT2D eigenvalue weighted by molar-refractivity contribution is -0.116. The molecular weight excluding hydrogens is 768 g/mol. The Morgan fingerprint density at radius 3 is 2.05 bits per heavy atom. The number of nitrogens with zero attached hydrogens (tertiary/aromatic N) is 6. The molecule has 0 saturated heterocycles. The van der Waals surface area contributed by atoms with Gasteiger partial charge in [0.15, 0.2) is 5.82 Å². The number of aromatic nitrogens is 4. The van der Waals surface area contributed by atoms with Crippen molar-refractivity contribution in [1.82, 2.24) is 34.3 Å². The maximum atomic E-state index is 13.4. The molecule has 0 radical (unpaired) electrons. The second-order valence-electron chi connectivity index (χ2n) is 14.6. The Morgan fingerprint density at radius 1 is 0.746 bits per heavy atom. The van der Waals surface area contributed by atoms with Gasteiger partial charge in [-0.3, -0.25) is 24.2 Å². The number of benzene rings is 1. The van der Waals surface area contributed by atoms with E-state index in [4.69, 9.17) is 9.47 Å². The van der Waals surface area contributed by atoms with Crippen LogP contribution in [0.1, 0.15) is 70.8 Å². The number of alkyl carbamates (subject to hydrolysis) is 1. The van der Waals surface area contributed by atoms with E-state index < -0.39 is 41.4 Å². The number of hydrogen-bond acceptors (Lipinski definition) is 11. The summed E-state index contributed by atoms with van der Waals surface area (Å²) in [5.74, 6) is -2.29. The number of hydrogen-bond donors (Lipinski definition) is 6. The minimum Gasteiger partial charge on any atom is -0.464 e. The summed E-state index contributed by atoms with van der Waals surface area (Å²) in [5.41, 5.74) is 2.44. The Hall–Kier alpha value is -7.32. The molecule has 314 valence electrons. The minimum absolute atomic E-state index is 0.000950. The molecule has 0 spiro atoms. The van der Waals surface area contributed by atoms with E-state index in [-0.39, 0.29) is 61.4 Å². The summed E-state index contributed by atoms with van der Waals surface area (Å²) in [6.45, 7) is 5.43. The molecule has 0 bridgehead atoms. The Balaban J connectivity index is 1.08. The fourth-order valence-corrected chi connectivity index (χ4v) is 6.06. The second-order valence-corrected chi connectivity index (χ2v) is 14.6. The number of urea groups is 1. The quantitative estimate of drug-likeness (QED) is 0.107. The molecule has 4 heterocycles. The number of carbonyl (C=O) groups is 7. The lowest BCUT2D eigenvalue weighted by Gasteiger charge is -2.26. The van der Waals surface area contributed by atoms with Gasteiger partial charge in [-0.1, -0.05) is 6.07 Å². The van der Waals surface area contributed by atoms with E-state index in [2.05, 4.69) is 36.9 Å². The molecule has 21 nitrogen and oxygen atoms in total. The summed E-state index contributed by atoms with van der Waals surface area (Å²) in [7, 11) is 7.81. The number of rotatable bonds is 13. The van der Waals surface area contributed by atoms with Crippen molar-refractivity contribution in [3.8, 4) is 0 Å². The number of ether oxygens (including phenoxy) is 2. The van der Waals surface area contributed by atoms with Gasteiger partial charge in [0.1, 0.15) is 17.0 Å². The Bertz CT molecular complexity index is 2280. The van der Waals surface area contributed by atoms with Crippen LogP contribution in [0.15, 0.2) is 48.9 Å². The number of amides is 7. The molecule has 7 amide bonds. The molecule has 0 fully saturated rings. The minimum atomic E-state index is -0.660. The van der Waals surface area contributed by atoms with Crippen LogP contribution in [0.2, 0.25) is 0 Å². The molecule has 59 heavy (non-hydrogen) atoms. The van der Waals surface area contributed by atoms with Crippen molar-refractivity contribution in [3.05, 3.63) is 71.7 Å². The van der Waals surface area contributed by atoms with Gasteiger partial charge in [-0.05, 0) is 45.0 Å². The average Bonchev–Trinajstić information content (AvgIpc) is 3.91. The first-order valence-corrected chi connectivity index (χ1v) is 18.4. The van der Waals surface area contributed by atoms with E-state index in [0.29, 0.717) is 28.3 Å². The van der Waals surface area contributed by atoms with Crippen molar-refractivity contribution in [3.63, 3.8) is 0 Å². The van der Waals surface area contributed by atoms with Gasteiger partial charge in [0.05, 0.1) is 30.7 Å². The fraction of sp³-hybridized carbons (Fsp3) is 0.368.